The summed E-state index contributed by atoms with van der Waals surface area (Å²) in [5.74, 6) is -0.168. The third-order valence-corrected chi connectivity index (χ3v) is 7.22. The van der Waals surface area contributed by atoms with Crippen molar-refractivity contribution in [1.82, 2.24) is 0 Å². The molecule has 1 saturated heterocycles. The first-order valence-electron chi connectivity index (χ1n) is 13.8. The Morgan fingerprint density at radius 2 is 1.60 bits per heavy atom. The highest BCUT2D eigenvalue weighted by Gasteiger charge is 2.24. The van der Waals surface area contributed by atoms with E-state index in [1.807, 2.05) is 60.4 Å². The largest absolute Gasteiger partial charge is 0.493 e. The van der Waals surface area contributed by atoms with E-state index in [9.17, 15) is 14.7 Å². The lowest BCUT2D eigenvalue weighted by Crippen LogP contribution is -2.37. The third-order valence-electron chi connectivity index (χ3n) is 7.22. The van der Waals surface area contributed by atoms with E-state index < -0.39 is 5.97 Å². The van der Waals surface area contributed by atoms with Gasteiger partial charge < -0.3 is 29.1 Å². The maximum Gasteiger partial charge on any atom is 0.337 e. The Morgan fingerprint density at radius 3 is 2.29 bits per heavy atom. The van der Waals surface area contributed by atoms with Crippen molar-refractivity contribution in [3.63, 3.8) is 0 Å². The van der Waals surface area contributed by atoms with Crippen LogP contribution >= 0.6 is 0 Å². The molecule has 0 radical (unpaired) electrons. The van der Waals surface area contributed by atoms with E-state index in [0.717, 1.165) is 11.1 Å². The van der Waals surface area contributed by atoms with E-state index in [4.69, 9.17) is 14.2 Å². The van der Waals surface area contributed by atoms with Gasteiger partial charge in [-0.15, -0.1) is 0 Å². The summed E-state index contributed by atoms with van der Waals surface area (Å²) in [6.07, 6.45) is 0. The average molecular weight is 567 g/mol. The van der Waals surface area contributed by atoms with Crippen molar-refractivity contribution in [2.75, 3.05) is 43.2 Å². The molecule has 216 valence electrons. The number of aryl methyl sites for hydroxylation is 1. The molecule has 42 heavy (non-hydrogen) atoms. The highest BCUT2D eigenvalue weighted by atomic mass is 16.5. The molecule has 0 unspecified atom stereocenters. The van der Waals surface area contributed by atoms with Crippen molar-refractivity contribution in [1.29, 1.82) is 0 Å². The summed E-state index contributed by atoms with van der Waals surface area (Å²) in [4.78, 5) is 29.8. The normalized spacial score (nSPS) is 13.0. The van der Waals surface area contributed by atoms with E-state index >= 15 is 0 Å². The zero-order valence-electron chi connectivity index (χ0n) is 23.8. The number of hydrogen-bond acceptors (Lipinski definition) is 6. The van der Waals surface area contributed by atoms with Crippen molar-refractivity contribution in [2.45, 2.75) is 20.1 Å². The fraction of sp³-hybridized carbons (Fsp3) is 0.235. The van der Waals surface area contributed by atoms with Crippen molar-refractivity contribution in [2.24, 2.45) is 0 Å². The first-order chi connectivity index (χ1) is 20.4. The summed E-state index contributed by atoms with van der Waals surface area (Å²) in [6.45, 7) is 4.90. The van der Waals surface area contributed by atoms with Crippen molar-refractivity contribution >= 4 is 23.3 Å². The Kier molecular flexibility index (Phi) is 9.04. The molecule has 0 spiro atoms. The first-order valence-corrected chi connectivity index (χ1v) is 13.8. The number of ether oxygens (including phenoxy) is 3. The molecule has 1 aliphatic rings. The molecule has 1 heterocycles. The molecular weight excluding hydrogens is 532 g/mol. The number of methoxy groups -OCH3 is 1. The van der Waals surface area contributed by atoms with Gasteiger partial charge in [0.15, 0.2) is 11.5 Å². The summed E-state index contributed by atoms with van der Waals surface area (Å²) in [5.41, 5.74) is 4.75. The van der Waals surface area contributed by atoms with Gasteiger partial charge in [-0.05, 0) is 60.5 Å². The summed E-state index contributed by atoms with van der Waals surface area (Å²) < 4.78 is 17.1. The van der Waals surface area contributed by atoms with Crippen LogP contribution in [0.3, 0.4) is 0 Å². The molecule has 8 heteroatoms. The fourth-order valence-corrected chi connectivity index (χ4v) is 4.92. The molecule has 1 aliphatic heterocycles. The van der Waals surface area contributed by atoms with E-state index in [0.29, 0.717) is 61.3 Å². The predicted molar refractivity (Wildman–Crippen MR) is 162 cm³/mol. The van der Waals surface area contributed by atoms with Crippen molar-refractivity contribution in [3.8, 4) is 11.5 Å². The molecule has 0 aliphatic carbocycles. The number of rotatable bonds is 10. The minimum atomic E-state index is -1.05. The number of morpholine rings is 1. The number of nitrogens with zero attached hydrogens (tertiary/aromatic N) is 2. The van der Waals surface area contributed by atoms with E-state index in [-0.39, 0.29) is 18.0 Å². The highest BCUT2D eigenvalue weighted by molar-refractivity contribution is 6.07. The number of anilines is 2. The summed E-state index contributed by atoms with van der Waals surface area (Å²) >= 11 is 0. The number of benzene rings is 4. The summed E-state index contributed by atoms with van der Waals surface area (Å²) in [6, 6.07) is 27.8. The number of hydrogen-bond donors (Lipinski definition) is 1. The van der Waals surface area contributed by atoms with Gasteiger partial charge in [0.1, 0.15) is 6.61 Å². The number of carbonyl (C=O) groups is 2. The number of carboxylic acids is 1. The SMILES string of the molecule is COc1cc(CN(C(=O)c2ccccc2)c2ccc(N3CCOCC3)c(C(=O)O)c2)ccc1OCc1ccc(C)cc1. The van der Waals surface area contributed by atoms with Gasteiger partial charge in [-0.3, -0.25) is 4.79 Å². The third kappa shape index (κ3) is 6.72. The van der Waals surface area contributed by atoms with Crippen LogP contribution in [-0.4, -0.2) is 50.4 Å². The Morgan fingerprint density at radius 1 is 0.881 bits per heavy atom. The maximum absolute atomic E-state index is 13.8. The first kappa shape index (κ1) is 28.7. The number of carboxylic acid groups (broad SMARTS) is 1. The van der Waals surface area contributed by atoms with Crippen LogP contribution < -0.4 is 19.3 Å². The molecule has 4 aromatic rings. The fourth-order valence-electron chi connectivity index (χ4n) is 4.92. The van der Waals surface area contributed by atoms with Crippen LogP contribution in [0, 0.1) is 6.92 Å². The molecule has 1 fully saturated rings. The topological polar surface area (TPSA) is 88.5 Å². The van der Waals surface area contributed by atoms with Gasteiger partial charge in [0.25, 0.3) is 5.91 Å². The molecule has 1 amide bonds. The molecule has 8 nitrogen and oxygen atoms in total. The second-order valence-corrected chi connectivity index (χ2v) is 10.1. The lowest BCUT2D eigenvalue weighted by Gasteiger charge is -2.31. The quantitative estimate of drug-likeness (QED) is 0.253. The summed E-state index contributed by atoms with van der Waals surface area (Å²) in [5, 5.41) is 10.1. The van der Waals surface area contributed by atoms with Gasteiger partial charge in [0, 0.05) is 24.3 Å². The van der Waals surface area contributed by atoms with Gasteiger partial charge in [-0.1, -0.05) is 54.1 Å². The lowest BCUT2D eigenvalue weighted by atomic mass is 10.1. The van der Waals surface area contributed by atoms with Crippen LogP contribution in [0.4, 0.5) is 11.4 Å². The molecule has 0 bridgehead atoms. The molecule has 0 saturated carbocycles. The van der Waals surface area contributed by atoms with Crippen LogP contribution in [0.15, 0.2) is 91.0 Å². The Hall–Kier alpha value is -4.82. The average Bonchev–Trinajstić information content (AvgIpc) is 3.03. The van der Waals surface area contributed by atoms with Crippen molar-refractivity contribution in [3.05, 3.63) is 119 Å². The van der Waals surface area contributed by atoms with Crippen LogP contribution in [0.5, 0.6) is 11.5 Å². The molecule has 0 atom stereocenters. The highest BCUT2D eigenvalue weighted by Crippen LogP contribution is 2.32. The minimum absolute atomic E-state index is 0.137. The van der Waals surface area contributed by atoms with Gasteiger partial charge >= 0.3 is 5.97 Å². The van der Waals surface area contributed by atoms with Crippen LogP contribution in [0.2, 0.25) is 0 Å². The van der Waals surface area contributed by atoms with Crippen LogP contribution in [0.1, 0.15) is 37.4 Å². The predicted octanol–water partition coefficient (Wildman–Crippen LogP) is 5.96. The monoisotopic (exact) mass is 566 g/mol. The van der Waals surface area contributed by atoms with E-state index in [2.05, 4.69) is 0 Å². The maximum atomic E-state index is 13.8. The van der Waals surface area contributed by atoms with Gasteiger partial charge in [-0.25, -0.2) is 4.79 Å². The Bertz CT molecular complexity index is 1530. The smallest absolute Gasteiger partial charge is 0.337 e. The van der Waals surface area contributed by atoms with E-state index in [1.165, 1.54) is 5.56 Å². The standard InChI is InChI=1S/C34H34N2O6/c1-24-8-10-25(11-9-24)23-42-31-15-12-26(20-32(31)40-2)22-36(33(37)27-6-4-3-5-7-27)28-13-14-30(29(21-28)34(38)39)35-16-18-41-19-17-35/h3-15,20-21H,16-19,22-23H2,1-2H3,(H,38,39). The number of aromatic carboxylic acids is 1. The van der Waals surface area contributed by atoms with E-state index in [1.54, 1.807) is 54.5 Å². The zero-order chi connectivity index (χ0) is 29.5. The lowest BCUT2D eigenvalue weighted by molar-refractivity contribution is 0.0695. The van der Waals surface area contributed by atoms with Gasteiger partial charge in [0.2, 0.25) is 0 Å². The Labute approximate surface area is 245 Å². The van der Waals surface area contributed by atoms with Gasteiger partial charge in [-0.2, -0.15) is 0 Å². The number of carbonyl (C=O) groups excluding carboxylic acids is 1. The summed E-state index contributed by atoms with van der Waals surface area (Å²) in [7, 11) is 1.58. The molecule has 1 N–H and O–H groups in total. The molecule has 5 rings (SSSR count). The number of amides is 1. The Balaban J connectivity index is 1.45. The zero-order valence-corrected chi connectivity index (χ0v) is 23.8. The molecule has 4 aromatic carbocycles. The van der Waals surface area contributed by atoms with Crippen LogP contribution in [0.25, 0.3) is 0 Å². The molecule has 0 aromatic heterocycles. The van der Waals surface area contributed by atoms with Crippen LogP contribution in [-0.2, 0) is 17.9 Å². The van der Waals surface area contributed by atoms with Crippen molar-refractivity contribution < 1.29 is 28.9 Å². The van der Waals surface area contributed by atoms with Gasteiger partial charge in [0.05, 0.1) is 38.1 Å². The molecular formula is C34H34N2O6. The minimum Gasteiger partial charge on any atom is -0.493 e. The second-order valence-electron chi connectivity index (χ2n) is 10.1. The second kappa shape index (κ2) is 13.2.